The van der Waals surface area contributed by atoms with Gasteiger partial charge in [0.15, 0.2) is 5.41 Å². The predicted octanol–water partition coefficient (Wildman–Crippen LogP) is 4.14. The van der Waals surface area contributed by atoms with E-state index in [0.717, 1.165) is 4.90 Å². The molecule has 0 fully saturated rings. The second-order valence-corrected chi connectivity index (χ2v) is 5.83. The molecule has 0 aliphatic heterocycles. The van der Waals surface area contributed by atoms with Gasteiger partial charge in [0.1, 0.15) is 0 Å². The van der Waals surface area contributed by atoms with Crippen molar-refractivity contribution >= 4 is 45.4 Å². The molecule has 1 aliphatic rings. The van der Waals surface area contributed by atoms with E-state index >= 15 is 0 Å². The molecule has 1 aliphatic carbocycles. The highest BCUT2D eigenvalue weighted by molar-refractivity contribution is 8.03. The van der Waals surface area contributed by atoms with Crippen LogP contribution in [0, 0.1) is 5.41 Å². The standard InChI is InChI=1S/C14H10Cl2O2S/c15-12(17)14(13(16)18)9-5-4-8-11(14)19-10-6-2-1-3-7-10/h1-8H,9H2. The molecule has 1 aromatic rings. The molecule has 0 atom stereocenters. The van der Waals surface area contributed by atoms with Gasteiger partial charge in [0.25, 0.3) is 0 Å². The van der Waals surface area contributed by atoms with Crippen LogP contribution in [0.2, 0.25) is 0 Å². The van der Waals surface area contributed by atoms with Crippen LogP contribution < -0.4 is 0 Å². The minimum atomic E-state index is -1.46. The van der Waals surface area contributed by atoms with Crippen LogP contribution in [-0.2, 0) is 9.59 Å². The van der Waals surface area contributed by atoms with Gasteiger partial charge < -0.3 is 0 Å². The van der Waals surface area contributed by atoms with Crippen molar-refractivity contribution in [2.24, 2.45) is 5.41 Å². The first-order chi connectivity index (χ1) is 9.07. The van der Waals surface area contributed by atoms with E-state index in [1.807, 2.05) is 30.3 Å². The number of thioether (sulfide) groups is 1. The highest BCUT2D eigenvalue weighted by Crippen LogP contribution is 2.47. The van der Waals surface area contributed by atoms with Crippen LogP contribution in [0.25, 0.3) is 0 Å². The van der Waals surface area contributed by atoms with Gasteiger partial charge in [0, 0.05) is 9.80 Å². The summed E-state index contributed by atoms with van der Waals surface area (Å²) < 4.78 is 0. The lowest BCUT2D eigenvalue weighted by molar-refractivity contribution is -0.128. The van der Waals surface area contributed by atoms with Crippen LogP contribution >= 0.6 is 35.0 Å². The molecule has 0 radical (unpaired) electrons. The van der Waals surface area contributed by atoms with E-state index in [4.69, 9.17) is 23.2 Å². The van der Waals surface area contributed by atoms with E-state index in [9.17, 15) is 9.59 Å². The molecular weight excluding hydrogens is 303 g/mol. The third kappa shape index (κ3) is 2.78. The largest absolute Gasteiger partial charge is 0.280 e. The molecule has 0 unspecified atom stereocenters. The second kappa shape index (κ2) is 5.95. The topological polar surface area (TPSA) is 34.1 Å². The Hall–Kier alpha value is -1.03. The summed E-state index contributed by atoms with van der Waals surface area (Å²) in [5, 5.41) is -1.49. The summed E-state index contributed by atoms with van der Waals surface area (Å²) >= 11 is 12.6. The highest BCUT2D eigenvalue weighted by atomic mass is 35.5. The molecule has 1 aromatic carbocycles. The Bertz CT molecular complexity index is 550. The number of hydrogen-bond donors (Lipinski definition) is 0. The molecule has 0 saturated heterocycles. The molecule has 0 heterocycles. The third-order valence-electron chi connectivity index (χ3n) is 2.87. The fraction of sp³-hybridized carbons (Fsp3) is 0.143. The summed E-state index contributed by atoms with van der Waals surface area (Å²) in [5.41, 5.74) is -1.46. The maximum atomic E-state index is 11.7. The van der Waals surface area contributed by atoms with Gasteiger partial charge >= 0.3 is 0 Å². The maximum absolute atomic E-state index is 11.7. The molecule has 5 heteroatoms. The summed E-state index contributed by atoms with van der Waals surface area (Å²) in [7, 11) is 0. The summed E-state index contributed by atoms with van der Waals surface area (Å²) in [6, 6.07) is 9.45. The first kappa shape index (κ1) is 14.4. The number of halogens is 2. The van der Waals surface area contributed by atoms with Crippen LogP contribution in [0.5, 0.6) is 0 Å². The number of carbonyl (C=O) groups is 2. The molecule has 0 saturated carbocycles. The fourth-order valence-corrected chi connectivity index (χ4v) is 3.64. The molecule has 0 amide bonds. The van der Waals surface area contributed by atoms with E-state index in [-0.39, 0.29) is 6.42 Å². The van der Waals surface area contributed by atoms with E-state index in [1.54, 1.807) is 18.2 Å². The molecule has 98 valence electrons. The number of hydrogen-bond acceptors (Lipinski definition) is 3. The van der Waals surface area contributed by atoms with E-state index < -0.39 is 15.9 Å². The van der Waals surface area contributed by atoms with Crippen LogP contribution in [0.15, 0.2) is 58.4 Å². The quantitative estimate of drug-likeness (QED) is 0.619. The van der Waals surface area contributed by atoms with E-state index in [2.05, 4.69) is 0 Å². The Morgan fingerprint density at radius 3 is 2.32 bits per heavy atom. The Balaban J connectivity index is 2.40. The van der Waals surface area contributed by atoms with Crippen molar-refractivity contribution in [1.29, 1.82) is 0 Å². The molecule has 19 heavy (non-hydrogen) atoms. The van der Waals surface area contributed by atoms with Crippen molar-refractivity contribution in [2.45, 2.75) is 11.3 Å². The molecule has 0 spiro atoms. The lowest BCUT2D eigenvalue weighted by Crippen LogP contribution is -2.35. The van der Waals surface area contributed by atoms with Crippen molar-refractivity contribution in [1.82, 2.24) is 0 Å². The van der Waals surface area contributed by atoms with Crippen molar-refractivity contribution in [3.05, 3.63) is 53.5 Å². The summed E-state index contributed by atoms with van der Waals surface area (Å²) in [5.74, 6) is 0. The zero-order valence-corrected chi connectivity index (χ0v) is 12.1. The third-order valence-corrected chi connectivity index (χ3v) is 4.73. The number of benzene rings is 1. The average molecular weight is 313 g/mol. The molecule has 2 nitrogen and oxygen atoms in total. The lowest BCUT2D eigenvalue weighted by Gasteiger charge is -2.29. The average Bonchev–Trinajstić information content (AvgIpc) is 2.40. The highest BCUT2D eigenvalue weighted by Gasteiger charge is 2.47. The SMILES string of the molecule is O=C(Cl)C1(C(=O)Cl)CC=CC=C1Sc1ccccc1. The zero-order chi connectivity index (χ0) is 13.9. The van der Waals surface area contributed by atoms with Crippen LogP contribution in [0.1, 0.15) is 6.42 Å². The normalized spacial score (nSPS) is 16.8. The van der Waals surface area contributed by atoms with Gasteiger partial charge in [-0.3, -0.25) is 9.59 Å². The first-order valence-electron chi connectivity index (χ1n) is 5.57. The first-order valence-corrected chi connectivity index (χ1v) is 7.14. The Labute approximate surface area is 125 Å². The smallest absolute Gasteiger partial charge is 0.241 e. The van der Waals surface area contributed by atoms with Gasteiger partial charge in [0.05, 0.1) is 0 Å². The van der Waals surface area contributed by atoms with E-state index in [1.165, 1.54) is 11.8 Å². The van der Waals surface area contributed by atoms with Gasteiger partial charge in [-0.05, 0) is 41.8 Å². The maximum Gasteiger partial charge on any atom is 0.241 e. The zero-order valence-electron chi connectivity index (χ0n) is 9.81. The van der Waals surface area contributed by atoms with Gasteiger partial charge in [0.2, 0.25) is 10.5 Å². The van der Waals surface area contributed by atoms with E-state index in [0.29, 0.717) is 4.91 Å². The minimum Gasteiger partial charge on any atom is -0.280 e. The summed E-state index contributed by atoms with van der Waals surface area (Å²) in [6.45, 7) is 0. The molecule has 0 N–H and O–H groups in total. The number of carbonyl (C=O) groups excluding carboxylic acids is 2. The Kier molecular flexibility index (Phi) is 4.50. The van der Waals surface area contributed by atoms with Gasteiger partial charge in [-0.25, -0.2) is 0 Å². The van der Waals surface area contributed by atoms with Crippen molar-refractivity contribution < 1.29 is 9.59 Å². The van der Waals surface area contributed by atoms with Crippen LogP contribution in [-0.4, -0.2) is 10.5 Å². The fourth-order valence-electron chi connectivity index (χ4n) is 1.81. The second-order valence-electron chi connectivity index (χ2n) is 4.03. The van der Waals surface area contributed by atoms with Crippen molar-refractivity contribution in [3.8, 4) is 0 Å². The molecule has 0 aromatic heterocycles. The van der Waals surface area contributed by atoms with Crippen LogP contribution in [0.4, 0.5) is 0 Å². The monoisotopic (exact) mass is 312 g/mol. The minimum absolute atomic E-state index is 0.198. The lowest BCUT2D eigenvalue weighted by atomic mass is 9.84. The Morgan fingerprint density at radius 2 is 1.74 bits per heavy atom. The summed E-state index contributed by atoms with van der Waals surface area (Å²) in [6.07, 6.45) is 5.42. The number of allylic oxidation sites excluding steroid dienone is 4. The predicted molar refractivity (Wildman–Crippen MR) is 78.3 cm³/mol. The number of rotatable bonds is 4. The molecular formula is C14H10Cl2O2S. The van der Waals surface area contributed by atoms with Gasteiger partial charge in [-0.15, -0.1) is 0 Å². The van der Waals surface area contributed by atoms with Crippen molar-refractivity contribution in [3.63, 3.8) is 0 Å². The molecule has 2 rings (SSSR count). The summed E-state index contributed by atoms with van der Waals surface area (Å²) in [4.78, 5) is 24.9. The van der Waals surface area contributed by atoms with Gasteiger partial charge in [-0.2, -0.15) is 0 Å². The molecule has 0 bridgehead atoms. The van der Waals surface area contributed by atoms with Crippen LogP contribution in [0.3, 0.4) is 0 Å². The Morgan fingerprint density at radius 1 is 1.11 bits per heavy atom. The van der Waals surface area contributed by atoms with Gasteiger partial charge in [-0.1, -0.05) is 48.2 Å². The van der Waals surface area contributed by atoms with Crippen molar-refractivity contribution in [2.75, 3.05) is 0 Å².